The fourth-order valence-corrected chi connectivity index (χ4v) is 4.34. The highest BCUT2D eigenvalue weighted by molar-refractivity contribution is 8.03. The van der Waals surface area contributed by atoms with Crippen molar-refractivity contribution in [2.45, 2.75) is 38.5 Å². The Kier molecular flexibility index (Phi) is 3.70. The van der Waals surface area contributed by atoms with E-state index in [0.717, 1.165) is 18.5 Å². The lowest BCUT2D eigenvalue weighted by Crippen LogP contribution is -2.22. The molecule has 0 saturated carbocycles. The first kappa shape index (κ1) is 14.5. The summed E-state index contributed by atoms with van der Waals surface area (Å²) in [7, 11) is 0. The molecule has 1 aliphatic carbocycles. The Hall–Kier alpha value is -1.48. The molecule has 0 amide bonds. The number of allylic oxidation sites excluding steroid dienone is 3. The SMILES string of the molecule is CCN1/C(=C/C2=CC(=O)CC(C)(C)C2)Sc2ccccc21. The molecule has 0 N–H and O–H groups in total. The topological polar surface area (TPSA) is 20.3 Å². The van der Waals surface area contributed by atoms with Crippen LogP contribution in [-0.2, 0) is 4.79 Å². The Bertz CT molecular complexity index is 642. The van der Waals surface area contributed by atoms with E-state index in [1.807, 2.05) is 6.08 Å². The molecule has 3 heteroatoms. The molecule has 0 unspecified atom stereocenters. The molecule has 2 nitrogen and oxygen atoms in total. The van der Waals surface area contributed by atoms with Crippen LogP contribution in [0.3, 0.4) is 0 Å². The van der Waals surface area contributed by atoms with E-state index in [-0.39, 0.29) is 11.2 Å². The summed E-state index contributed by atoms with van der Waals surface area (Å²) < 4.78 is 0. The lowest BCUT2D eigenvalue weighted by Gasteiger charge is -2.28. The zero-order valence-corrected chi connectivity index (χ0v) is 13.7. The number of ketones is 1. The van der Waals surface area contributed by atoms with Gasteiger partial charge in [-0.25, -0.2) is 0 Å². The predicted octanol–water partition coefficient (Wildman–Crippen LogP) is 4.78. The van der Waals surface area contributed by atoms with Gasteiger partial charge in [0.25, 0.3) is 0 Å². The molecule has 2 aliphatic rings. The highest BCUT2D eigenvalue weighted by Crippen LogP contribution is 2.46. The summed E-state index contributed by atoms with van der Waals surface area (Å²) in [6, 6.07) is 8.48. The number of nitrogens with zero attached hydrogens (tertiary/aromatic N) is 1. The minimum atomic E-state index is 0.0748. The summed E-state index contributed by atoms with van der Waals surface area (Å²) in [5, 5.41) is 1.23. The molecular weight excluding hydrogens is 278 g/mol. The average Bonchev–Trinajstić information content (AvgIpc) is 2.73. The van der Waals surface area contributed by atoms with Gasteiger partial charge in [-0.3, -0.25) is 4.79 Å². The molecule has 3 rings (SSSR count). The molecule has 0 radical (unpaired) electrons. The summed E-state index contributed by atoms with van der Waals surface area (Å²) in [6.07, 6.45) is 5.66. The molecule has 0 spiro atoms. The molecule has 1 heterocycles. The lowest BCUT2D eigenvalue weighted by molar-refractivity contribution is -0.116. The smallest absolute Gasteiger partial charge is 0.156 e. The maximum atomic E-state index is 11.9. The minimum absolute atomic E-state index is 0.0748. The highest BCUT2D eigenvalue weighted by atomic mass is 32.2. The molecular formula is C18H21NOS. The van der Waals surface area contributed by atoms with Crippen LogP contribution in [0.4, 0.5) is 5.69 Å². The summed E-state index contributed by atoms with van der Waals surface area (Å²) >= 11 is 1.80. The van der Waals surface area contributed by atoms with Crippen molar-refractivity contribution >= 4 is 23.2 Å². The van der Waals surface area contributed by atoms with E-state index >= 15 is 0 Å². The number of thioether (sulfide) groups is 1. The van der Waals surface area contributed by atoms with E-state index in [1.165, 1.54) is 15.6 Å². The van der Waals surface area contributed by atoms with Gasteiger partial charge in [-0.05, 0) is 48.6 Å². The van der Waals surface area contributed by atoms with Gasteiger partial charge in [0.15, 0.2) is 5.78 Å². The van der Waals surface area contributed by atoms with Gasteiger partial charge in [-0.15, -0.1) is 0 Å². The van der Waals surface area contributed by atoms with Gasteiger partial charge < -0.3 is 4.90 Å². The van der Waals surface area contributed by atoms with Crippen LogP contribution in [0.15, 0.2) is 51.9 Å². The molecule has 0 aromatic heterocycles. The normalized spacial score (nSPS) is 22.4. The van der Waals surface area contributed by atoms with E-state index in [2.05, 4.69) is 56.0 Å². The van der Waals surface area contributed by atoms with E-state index in [9.17, 15) is 4.79 Å². The number of carbonyl (C=O) groups excluding carboxylic acids is 1. The van der Waals surface area contributed by atoms with Crippen molar-refractivity contribution in [2.24, 2.45) is 5.41 Å². The van der Waals surface area contributed by atoms with Crippen molar-refractivity contribution in [3.05, 3.63) is 47.0 Å². The average molecular weight is 299 g/mol. The first-order valence-corrected chi connectivity index (χ1v) is 8.30. The van der Waals surface area contributed by atoms with Gasteiger partial charge >= 0.3 is 0 Å². The Morgan fingerprint density at radius 2 is 2.05 bits per heavy atom. The van der Waals surface area contributed by atoms with Crippen molar-refractivity contribution in [3.63, 3.8) is 0 Å². The van der Waals surface area contributed by atoms with E-state index < -0.39 is 0 Å². The number of rotatable bonds is 2. The molecule has 0 fully saturated rings. The van der Waals surface area contributed by atoms with Crippen molar-refractivity contribution in [1.82, 2.24) is 0 Å². The first-order valence-electron chi connectivity index (χ1n) is 7.48. The largest absolute Gasteiger partial charge is 0.335 e. The van der Waals surface area contributed by atoms with Crippen LogP contribution in [0.1, 0.15) is 33.6 Å². The van der Waals surface area contributed by atoms with Gasteiger partial charge in [-0.1, -0.05) is 37.7 Å². The van der Waals surface area contributed by atoms with Gasteiger partial charge in [0.1, 0.15) is 0 Å². The minimum Gasteiger partial charge on any atom is -0.335 e. The fourth-order valence-electron chi connectivity index (χ4n) is 3.13. The molecule has 1 aliphatic heterocycles. The van der Waals surface area contributed by atoms with Crippen LogP contribution in [0.2, 0.25) is 0 Å². The molecule has 1 aromatic carbocycles. The zero-order valence-electron chi connectivity index (χ0n) is 12.8. The summed E-state index contributed by atoms with van der Waals surface area (Å²) in [5.74, 6) is 0.252. The Labute approximate surface area is 130 Å². The number of hydrogen-bond donors (Lipinski definition) is 0. The second kappa shape index (κ2) is 5.38. The summed E-state index contributed by atoms with van der Waals surface area (Å²) in [5.41, 5.74) is 2.51. The molecule has 0 bridgehead atoms. The maximum absolute atomic E-state index is 11.9. The lowest BCUT2D eigenvalue weighted by atomic mass is 9.77. The quantitative estimate of drug-likeness (QED) is 0.784. The first-order chi connectivity index (χ1) is 9.98. The molecule has 21 heavy (non-hydrogen) atoms. The van der Waals surface area contributed by atoms with Crippen LogP contribution in [0.5, 0.6) is 0 Å². The zero-order chi connectivity index (χ0) is 15.0. The van der Waals surface area contributed by atoms with Crippen molar-refractivity contribution in [1.29, 1.82) is 0 Å². The van der Waals surface area contributed by atoms with Crippen LogP contribution in [-0.4, -0.2) is 12.3 Å². The van der Waals surface area contributed by atoms with Crippen molar-refractivity contribution in [3.8, 4) is 0 Å². The Morgan fingerprint density at radius 3 is 2.76 bits per heavy atom. The van der Waals surface area contributed by atoms with E-state index in [0.29, 0.717) is 6.42 Å². The predicted molar refractivity (Wildman–Crippen MR) is 89.5 cm³/mol. The van der Waals surface area contributed by atoms with Crippen molar-refractivity contribution in [2.75, 3.05) is 11.4 Å². The number of benzene rings is 1. The summed E-state index contributed by atoms with van der Waals surface area (Å²) in [6.45, 7) is 7.45. The second-order valence-electron chi connectivity index (χ2n) is 6.50. The van der Waals surface area contributed by atoms with Crippen LogP contribution >= 0.6 is 11.8 Å². The number of fused-ring (bicyclic) bond motifs is 1. The third kappa shape index (κ3) is 2.93. The van der Waals surface area contributed by atoms with Crippen LogP contribution in [0, 0.1) is 5.41 Å². The fraction of sp³-hybridized carbons (Fsp3) is 0.389. The van der Waals surface area contributed by atoms with Gasteiger partial charge in [0.05, 0.1) is 10.7 Å². The van der Waals surface area contributed by atoms with Crippen LogP contribution in [0.25, 0.3) is 0 Å². The summed E-state index contributed by atoms with van der Waals surface area (Å²) in [4.78, 5) is 15.5. The second-order valence-corrected chi connectivity index (χ2v) is 7.56. The van der Waals surface area contributed by atoms with E-state index in [4.69, 9.17) is 0 Å². The third-order valence-corrected chi connectivity index (χ3v) is 5.06. The van der Waals surface area contributed by atoms with E-state index in [1.54, 1.807) is 11.8 Å². The molecule has 0 saturated heterocycles. The van der Waals surface area contributed by atoms with Gasteiger partial charge in [0.2, 0.25) is 0 Å². The van der Waals surface area contributed by atoms with Gasteiger partial charge in [0, 0.05) is 17.9 Å². The number of anilines is 1. The number of hydrogen-bond acceptors (Lipinski definition) is 3. The molecule has 0 atom stereocenters. The number of carbonyl (C=O) groups is 1. The molecule has 1 aromatic rings. The standard InChI is InChI=1S/C18H21NOS/c1-4-19-15-7-5-6-8-16(15)21-17(19)10-13-9-14(20)12-18(2,3)11-13/h5-10H,4,11-12H2,1-3H3/b17-10-. The maximum Gasteiger partial charge on any atom is 0.156 e. The highest BCUT2D eigenvalue weighted by Gasteiger charge is 2.29. The monoisotopic (exact) mass is 299 g/mol. The van der Waals surface area contributed by atoms with Gasteiger partial charge in [-0.2, -0.15) is 0 Å². The Balaban J connectivity index is 1.93. The third-order valence-electron chi connectivity index (χ3n) is 3.94. The Morgan fingerprint density at radius 1 is 1.29 bits per heavy atom. The van der Waals surface area contributed by atoms with Crippen LogP contribution < -0.4 is 4.90 Å². The number of para-hydroxylation sites is 1. The van der Waals surface area contributed by atoms with Crippen molar-refractivity contribution < 1.29 is 4.79 Å². The molecule has 110 valence electrons.